The average molecular weight is 379 g/mol. The van der Waals surface area contributed by atoms with Crippen molar-refractivity contribution in [3.05, 3.63) is 71.5 Å². The molecule has 0 fully saturated rings. The molecule has 2 aromatic carbocycles. The van der Waals surface area contributed by atoms with Crippen LogP contribution in [0, 0.1) is 6.92 Å². The number of hydrogen-bond donors (Lipinski definition) is 2. The fourth-order valence-electron chi connectivity index (χ4n) is 2.89. The summed E-state index contributed by atoms with van der Waals surface area (Å²) in [7, 11) is 0. The Morgan fingerprint density at radius 2 is 2.00 bits per heavy atom. The van der Waals surface area contributed by atoms with Gasteiger partial charge in [-0.05, 0) is 67.4 Å². The summed E-state index contributed by atoms with van der Waals surface area (Å²) in [4.78, 5) is 12.6. The molecule has 0 unspecified atom stereocenters. The van der Waals surface area contributed by atoms with Gasteiger partial charge in [-0.1, -0.05) is 19.4 Å². The van der Waals surface area contributed by atoms with Crippen LogP contribution in [-0.2, 0) is 6.61 Å². The first kappa shape index (κ1) is 19.7. The van der Waals surface area contributed by atoms with Gasteiger partial charge in [-0.25, -0.2) is 0 Å². The maximum Gasteiger partial charge on any atom is 0.255 e. The quantitative estimate of drug-likeness (QED) is 0.529. The minimum Gasteiger partial charge on any atom is -0.494 e. The summed E-state index contributed by atoms with van der Waals surface area (Å²) in [6, 6.07) is 16.4. The lowest BCUT2D eigenvalue weighted by molar-refractivity contribution is 0.102. The Hall–Kier alpha value is -3.05. The summed E-state index contributed by atoms with van der Waals surface area (Å²) in [6.45, 7) is 4.58. The largest absolute Gasteiger partial charge is 0.494 e. The highest BCUT2D eigenvalue weighted by Crippen LogP contribution is 2.28. The number of benzene rings is 2. The molecular weight excluding hydrogens is 354 g/mol. The normalized spacial score (nSPS) is 10.7. The fourth-order valence-corrected chi connectivity index (χ4v) is 2.89. The Kier molecular flexibility index (Phi) is 6.50. The van der Waals surface area contributed by atoms with E-state index in [-0.39, 0.29) is 12.5 Å². The number of ether oxygens (including phenoxy) is 1. The monoisotopic (exact) mass is 379 g/mol. The number of anilines is 1. The molecule has 1 heterocycles. The van der Waals surface area contributed by atoms with E-state index >= 15 is 0 Å². The molecule has 0 spiro atoms. The highest BCUT2D eigenvalue weighted by atomic mass is 16.5. The molecule has 0 bridgehead atoms. The number of amides is 1. The third-order valence-corrected chi connectivity index (χ3v) is 4.43. The van der Waals surface area contributed by atoms with Gasteiger partial charge in [0, 0.05) is 16.8 Å². The van der Waals surface area contributed by atoms with Gasteiger partial charge >= 0.3 is 0 Å². The number of aliphatic hydroxyl groups is 1. The highest BCUT2D eigenvalue weighted by molar-refractivity contribution is 6.04. The molecule has 0 aliphatic rings. The maximum absolute atomic E-state index is 12.6. The van der Waals surface area contributed by atoms with Crippen LogP contribution < -0.4 is 10.1 Å². The number of unbranched alkanes of at least 4 members (excludes halogenated alkanes) is 1. The van der Waals surface area contributed by atoms with Crippen molar-refractivity contribution in [3.63, 3.8) is 0 Å². The van der Waals surface area contributed by atoms with E-state index in [9.17, 15) is 4.79 Å². The molecule has 0 saturated carbocycles. The van der Waals surface area contributed by atoms with Gasteiger partial charge in [-0.15, -0.1) is 0 Å². The van der Waals surface area contributed by atoms with E-state index in [4.69, 9.17) is 14.3 Å². The predicted octanol–water partition coefficient (Wildman–Crippen LogP) is 5.18. The first-order valence-electron chi connectivity index (χ1n) is 9.45. The lowest BCUT2D eigenvalue weighted by Crippen LogP contribution is -2.12. The molecule has 0 radical (unpaired) electrons. The molecule has 0 aliphatic carbocycles. The van der Waals surface area contributed by atoms with Gasteiger partial charge in [0.05, 0.1) is 6.61 Å². The summed E-state index contributed by atoms with van der Waals surface area (Å²) in [6.07, 6.45) is 2.05. The average Bonchev–Trinajstić information content (AvgIpc) is 3.17. The Morgan fingerprint density at radius 3 is 2.71 bits per heavy atom. The zero-order valence-corrected chi connectivity index (χ0v) is 16.2. The first-order chi connectivity index (χ1) is 13.6. The van der Waals surface area contributed by atoms with E-state index in [0.29, 0.717) is 35.1 Å². The number of hydrogen-bond acceptors (Lipinski definition) is 4. The van der Waals surface area contributed by atoms with Crippen molar-refractivity contribution >= 4 is 11.6 Å². The van der Waals surface area contributed by atoms with E-state index in [1.807, 2.05) is 43.3 Å². The molecule has 1 aromatic heterocycles. The van der Waals surface area contributed by atoms with Crippen LogP contribution in [0.4, 0.5) is 5.69 Å². The van der Waals surface area contributed by atoms with Crippen LogP contribution in [0.3, 0.4) is 0 Å². The smallest absolute Gasteiger partial charge is 0.255 e. The Labute approximate surface area is 165 Å². The van der Waals surface area contributed by atoms with Crippen LogP contribution in [0.25, 0.3) is 11.3 Å². The lowest BCUT2D eigenvalue weighted by atomic mass is 10.1. The maximum atomic E-state index is 12.6. The number of aryl methyl sites for hydroxylation is 1. The van der Waals surface area contributed by atoms with Crippen LogP contribution >= 0.6 is 0 Å². The van der Waals surface area contributed by atoms with Crippen molar-refractivity contribution in [1.82, 2.24) is 0 Å². The number of carbonyl (C=O) groups is 1. The molecule has 3 rings (SSSR count). The molecule has 0 aliphatic heterocycles. The topological polar surface area (TPSA) is 71.7 Å². The van der Waals surface area contributed by atoms with E-state index in [1.54, 1.807) is 18.2 Å². The van der Waals surface area contributed by atoms with Gasteiger partial charge in [0.2, 0.25) is 0 Å². The molecule has 2 N–H and O–H groups in total. The van der Waals surface area contributed by atoms with Gasteiger partial charge in [-0.3, -0.25) is 4.79 Å². The van der Waals surface area contributed by atoms with E-state index in [0.717, 1.165) is 24.0 Å². The van der Waals surface area contributed by atoms with Gasteiger partial charge in [-0.2, -0.15) is 0 Å². The molecule has 5 heteroatoms. The Bertz CT molecular complexity index is 945. The van der Waals surface area contributed by atoms with Crippen molar-refractivity contribution < 1.29 is 19.1 Å². The number of nitrogens with one attached hydrogen (secondary N) is 1. The first-order valence-corrected chi connectivity index (χ1v) is 9.45. The fraction of sp³-hybridized carbons (Fsp3) is 0.261. The van der Waals surface area contributed by atoms with E-state index in [1.165, 1.54) is 0 Å². The Morgan fingerprint density at radius 1 is 1.14 bits per heavy atom. The van der Waals surface area contributed by atoms with E-state index in [2.05, 4.69) is 12.2 Å². The minimum atomic E-state index is -0.186. The van der Waals surface area contributed by atoms with Crippen molar-refractivity contribution in [2.45, 2.75) is 33.3 Å². The van der Waals surface area contributed by atoms with Crippen molar-refractivity contribution in [2.24, 2.45) is 0 Å². The molecule has 0 saturated heterocycles. The van der Waals surface area contributed by atoms with Gasteiger partial charge in [0.25, 0.3) is 5.91 Å². The van der Waals surface area contributed by atoms with Crippen molar-refractivity contribution in [1.29, 1.82) is 0 Å². The molecule has 0 atom stereocenters. The van der Waals surface area contributed by atoms with Gasteiger partial charge in [0.1, 0.15) is 23.9 Å². The number of carbonyl (C=O) groups excluding carboxylic acids is 1. The van der Waals surface area contributed by atoms with Crippen LogP contribution in [0.15, 0.2) is 59.0 Å². The van der Waals surface area contributed by atoms with Crippen LogP contribution in [0.1, 0.15) is 41.4 Å². The van der Waals surface area contributed by atoms with Crippen LogP contribution in [-0.4, -0.2) is 17.6 Å². The second-order valence-corrected chi connectivity index (χ2v) is 6.64. The summed E-state index contributed by atoms with van der Waals surface area (Å²) in [5, 5.41) is 12.1. The zero-order chi connectivity index (χ0) is 19.9. The summed E-state index contributed by atoms with van der Waals surface area (Å²) < 4.78 is 11.3. The number of rotatable bonds is 8. The molecule has 3 aromatic rings. The van der Waals surface area contributed by atoms with Crippen LogP contribution in [0.2, 0.25) is 0 Å². The van der Waals surface area contributed by atoms with Crippen molar-refractivity contribution in [3.8, 4) is 17.1 Å². The van der Waals surface area contributed by atoms with E-state index < -0.39 is 0 Å². The molecule has 28 heavy (non-hydrogen) atoms. The van der Waals surface area contributed by atoms with Crippen molar-refractivity contribution in [2.75, 3.05) is 11.9 Å². The number of furan rings is 1. The molecular formula is C23H25NO4. The standard InChI is InChI=1S/C23H25NO4/c1-3-4-12-27-19-7-5-6-17(14-19)23(26)24-18-8-10-21(16(2)13-18)22-11-9-20(15-25)28-22/h5-11,13-14,25H,3-4,12,15H2,1-2H3,(H,24,26). The second-order valence-electron chi connectivity index (χ2n) is 6.64. The summed E-state index contributed by atoms with van der Waals surface area (Å²) >= 11 is 0. The van der Waals surface area contributed by atoms with Crippen LogP contribution in [0.5, 0.6) is 5.75 Å². The lowest BCUT2D eigenvalue weighted by Gasteiger charge is -2.10. The van der Waals surface area contributed by atoms with Gasteiger partial charge < -0.3 is 19.6 Å². The highest BCUT2D eigenvalue weighted by Gasteiger charge is 2.11. The summed E-state index contributed by atoms with van der Waals surface area (Å²) in [5.74, 6) is 1.72. The zero-order valence-electron chi connectivity index (χ0n) is 16.2. The molecule has 1 amide bonds. The molecule has 146 valence electrons. The second kappa shape index (κ2) is 9.24. The third-order valence-electron chi connectivity index (χ3n) is 4.43. The SMILES string of the molecule is CCCCOc1cccc(C(=O)Nc2ccc(-c3ccc(CO)o3)c(C)c2)c1. The third kappa shape index (κ3) is 4.81. The summed E-state index contributed by atoms with van der Waals surface area (Å²) in [5.41, 5.74) is 3.14. The number of aliphatic hydroxyl groups excluding tert-OH is 1. The predicted molar refractivity (Wildman–Crippen MR) is 110 cm³/mol. The Balaban J connectivity index is 1.70. The molecule has 5 nitrogen and oxygen atoms in total. The van der Waals surface area contributed by atoms with Gasteiger partial charge in [0.15, 0.2) is 0 Å². The minimum absolute atomic E-state index is 0.131.